The maximum Gasteiger partial charge on any atom is 0.251 e. The molecule has 0 spiro atoms. The quantitative estimate of drug-likeness (QED) is 0.753. The number of primary amides is 1. The van der Waals surface area contributed by atoms with Crippen molar-refractivity contribution in [1.82, 2.24) is 19.5 Å². The van der Waals surface area contributed by atoms with Crippen LogP contribution >= 0.6 is 0 Å². The standard InChI is InChI=1S/C19H20FN5O/c20-12-3-13(17(21)26)16-15(4-12)23-18-14(6-22-25(16)18)19-5-11(19)8-24(9-19)7-10-1-2-10/h3-4,6,10-11,23H,1-2,5,7-9H2,(H2,21,26). The van der Waals surface area contributed by atoms with Crippen LogP contribution in [0.25, 0.3) is 16.7 Å². The number of aromatic amines is 1. The maximum atomic E-state index is 13.9. The number of carbonyl (C=O) groups excluding carboxylic acids is 1. The van der Waals surface area contributed by atoms with Crippen molar-refractivity contribution >= 4 is 22.6 Å². The van der Waals surface area contributed by atoms with Crippen LogP contribution in [0.15, 0.2) is 18.3 Å². The van der Waals surface area contributed by atoms with Crippen LogP contribution in [0, 0.1) is 17.7 Å². The van der Waals surface area contributed by atoms with Gasteiger partial charge >= 0.3 is 0 Å². The molecule has 1 aromatic carbocycles. The highest BCUT2D eigenvalue weighted by molar-refractivity contribution is 6.05. The third-order valence-corrected chi connectivity index (χ3v) is 6.54. The van der Waals surface area contributed by atoms with Crippen LogP contribution in [-0.4, -0.2) is 45.0 Å². The number of benzene rings is 1. The Balaban J connectivity index is 1.47. The minimum atomic E-state index is -0.647. The lowest BCUT2D eigenvalue weighted by atomic mass is 9.98. The molecular weight excluding hydrogens is 333 g/mol. The van der Waals surface area contributed by atoms with Crippen LogP contribution in [0.4, 0.5) is 4.39 Å². The van der Waals surface area contributed by atoms with E-state index in [1.54, 1.807) is 4.52 Å². The first-order valence-corrected chi connectivity index (χ1v) is 9.27. The molecule has 3 fully saturated rings. The van der Waals surface area contributed by atoms with Gasteiger partial charge in [-0.3, -0.25) is 4.79 Å². The summed E-state index contributed by atoms with van der Waals surface area (Å²) in [7, 11) is 0. The largest absolute Gasteiger partial charge is 0.366 e. The van der Waals surface area contributed by atoms with E-state index in [-0.39, 0.29) is 11.0 Å². The van der Waals surface area contributed by atoms with E-state index < -0.39 is 11.7 Å². The highest BCUT2D eigenvalue weighted by Gasteiger charge is 2.62. The summed E-state index contributed by atoms with van der Waals surface area (Å²) in [5.74, 6) is 0.446. The number of amides is 1. The topological polar surface area (TPSA) is 79.4 Å². The lowest BCUT2D eigenvalue weighted by Crippen LogP contribution is -2.28. The number of hydrogen-bond donors (Lipinski definition) is 2. The van der Waals surface area contributed by atoms with Crippen LogP contribution in [0.2, 0.25) is 0 Å². The molecule has 2 aliphatic carbocycles. The number of likely N-dealkylation sites (tertiary alicyclic amines) is 1. The van der Waals surface area contributed by atoms with Gasteiger partial charge in [-0.2, -0.15) is 5.10 Å². The smallest absolute Gasteiger partial charge is 0.251 e. The van der Waals surface area contributed by atoms with Gasteiger partial charge in [-0.1, -0.05) is 0 Å². The predicted molar refractivity (Wildman–Crippen MR) is 94.5 cm³/mol. The molecule has 3 aliphatic rings. The fraction of sp³-hybridized carbons (Fsp3) is 0.474. The highest BCUT2D eigenvalue weighted by atomic mass is 19.1. The van der Waals surface area contributed by atoms with Crippen molar-refractivity contribution in [1.29, 1.82) is 0 Å². The average Bonchev–Trinajstić information content (AvgIpc) is 3.39. The van der Waals surface area contributed by atoms with Gasteiger partial charge in [0.05, 0.1) is 17.3 Å². The third-order valence-electron chi connectivity index (χ3n) is 6.54. The number of nitrogens with one attached hydrogen (secondary N) is 1. The molecule has 1 amide bonds. The van der Waals surface area contributed by atoms with E-state index in [2.05, 4.69) is 15.0 Å². The molecular formula is C19H20FN5O. The van der Waals surface area contributed by atoms with Crippen LogP contribution in [0.1, 0.15) is 35.2 Å². The molecule has 7 heteroatoms. The number of imidazole rings is 1. The Morgan fingerprint density at radius 1 is 1.42 bits per heavy atom. The third kappa shape index (κ3) is 1.89. The molecule has 2 saturated carbocycles. The first-order chi connectivity index (χ1) is 12.5. The summed E-state index contributed by atoms with van der Waals surface area (Å²) in [6, 6.07) is 2.58. The van der Waals surface area contributed by atoms with Crippen LogP contribution in [0.3, 0.4) is 0 Å². The van der Waals surface area contributed by atoms with Gasteiger partial charge in [0.25, 0.3) is 5.91 Å². The first kappa shape index (κ1) is 14.7. The molecule has 1 aliphatic heterocycles. The van der Waals surface area contributed by atoms with Gasteiger partial charge in [-0.25, -0.2) is 8.91 Å². The number of H-pyrrole nitrogens is 1. The van der Waals surface area contributed by atoms with Gasteiger partial charge in [0.15, 0.2) is 0 Å². The monoisotopic (exact) mass is 353 g/mol. The molecule has 134 valence electrons. The summed E-state index contributed by atoms with van der Waals surface area (Å²) >= 11 is 0. The zero-order chi connectivity index (χ0) is 17.6. The van der Waals surface area contributed by atoms with E-state index >= 15 is 0 Å². The number of fused-ring (bicyclic) bond motifs is 4. The number of nitrogens with two attached hydrogens (primary N) is 1. The summed E-state index contributed by atoms with van der Waals surface area (Å²) in [4.78, 5) is 17.7. The lowest BCUT2D eigenvalue weighted by Gasteiger charge is -2.19. The number of hydrogen-bond acceptors (Lipinski definition) is 3. The first-order valence-electron chi connectivity index (χ1n) is 9.27. The molecule has 2 atom stereocenters. The normalized spacial score (nSPS) is 28.1. The molecule has 1 saturated heterocycles. The Labute approximate surface area is 149 Å². The number of rotatable bonds is 4. The number of halogens is 1. The summed E-state index contributed by atoms with van der Waals surface area (Å²) in [6.07, 6.45) is 5.84. The molecule has 26 heavy (non-hydrogen) atoms. The molecule has 3 aromatic rings. The number of piperidine rings is 1. The van der Waals surface area contributed by atoms with Crippen LogP contribution in [-0.2, 0) is 5.41 Å². The average molecular weight is 353 g/mol. The second-order valence-electron chi connectivity index (χ2n) is 8.35. The Kier molecular flexibility index (Phi) is 2.63. The van der Waals surface area contributed by atoms with Gasteiger partial charge in [0.2, 0.25) is 0 Å². The number of nitrogens with zero attached hydrogens (tertiary/aromatic N) is 3. The molecule has 6 rings (SSSR count). The summed E-state index contributed by atoms with van der Waals surface area (Å²) < 4.78 is 15.6. The van der Waals surface area contributed by atoms with Crippen LogP contribution in [0.5, 0.6) is 0 Å². The van der Waals surface area contributed by atoms with Crippen molar-refractivity contribution in [2.75, 3.05) is 19.6 Å². The van der Waals surface area contributed by atoms with Crippen molar-refractivity contribution < 1.29 is 9.18 Å². The zero-order valence-electron chi connectivity index (χ0n) is 14.3. The summed E-state index contributed by atoms with van der Waals surface area (Å²) in [5, 5.41) is 4.53. The highest BCUT2D eigenvalue weighted by Crippen LogP contribution is 2.60. The fourth-order valence-corrected chi connectivity index (χ4v) is 5.05. The second kappa shape index (κ2) is 4.65. The Morgan fingerprint density at radius 2 is 2.27 bits per heavy atom. The lowest BCUT2D eigenvalue weighted by molar-refractivity contribution is 0.100. The van der Waals surface area contributed by atoms with Crippen molar-refractivity contribution in [2.45, 2.75) is 24.7 Å². The molecule has 0 bridgehead atoms. The van der Waals surface area contributed by atoms with Crippen molar-refractivity contribution in [3.8, 4) is 0 Å². The zero-order valence-corrected chi connectivity index (χ0v) is 14.3. The number of carbonyl (C=O) groups is 1. The van der Waals surface area contributed by atoms with E-state index in [1.807, 2.05) is 6.20 Å². The maximum absolute atomic E-state index is 13.9. The van der Waals surface area contributed by atoms with Crippen molar-refractivity contribution in [3.05, 3.63) is 35.3 Å². The molecule has 3 N–H and O–H groups in total. The number of aromatic nitrogens is 3. The molecule has 2 unspecified atom stereocenters. The van der Waals surface area contributed by atoms with Gasteiger partial charge in [0, 0.05) is 30.6 Å². The van der Waals surface area contributed by atoms with Crippen LogP contribution < -0.4 is 5.73 Å². The van der Waals surface area contributed by atoms with E-state index in [0.29, 0.717) is 17.0 Å². The molecule has 0 radical (unpaired) electrons. The Hall–Kier alpha value is -2.41. The molecule has 3 heterocycles. The minimum absolute atomic E-state index is 0.156. The van der Waals surface area contributed by atoms with E-state index in [0.717, 1.165) is 24.7 Å². The predicted octanol–water partition coefficient (Wildman–Crippen LogP) is 2.04. The summed E-state index contributed by atoms with van der Waals surface area (Å²) in [6.45, 7) is 3.45. The fourth-order valence-electron chi connectivity index (χ4n) is 5.05. The van der Waals surface area contributed by atoms with Gasteiger partial charge in [0.1, 0.15) is 17.0 Å². The summed E-state index contributed by atoms with van der Waals surface area (Å²) in [5.41, 5.74) is 8.95. The van der Waals surface area contributed by atoms with Crippen molar-refractivity contribution in [2.24, 2.45) is 17.6 Å². The van der Waals surface area contributed by atoms with E-state index in [4.69, 9.17) is 5.73 Å². The van der Waals surface area contributed by atoms with Gasteiger partial charge in [-0.05, 0) is 43.2 Å². The van der Waals surface area contributed by atoms with Crippen molar-refractivity contribution in [3.63, 3.8) is 0 Å². The van der Waals surface area contributed by atoms with E-state index in [1.165, 1.54) is 43.5 Å². The molecule has 6 nitrogen and oxygen atoms in total. The second-order valence-corrected chi connectivity index (χ2v) is 8.35. The Bertz CT molecular complexity index is 1080. The van der Waals surface area contributed by atoms with Gasteiger partial charge < -0.3 is 15.6 Å². The molecule has 2 aromatic heterocycles. The Morgan fingerprint density at radius 3 is 3.04 bits per heavy atom. The SMILES string of the molecule is NC(=O)c1cc(F)cc2[nH]c3c(C45CC4CN(CC4CC4)C5)cnn3c12. The van der Waals surface area contributed by atoms with Gasteiger partial charge in [-0.15, -0.1) is 0 Å². The van der Waals surface area contributed by atoms with E-state index in [9.17, 15) is 9.18 Å². The minimum Gasteiger partial charge on any atom is -0.366 e.